The van der Waals surface area contributed by atoms with E-state index in [1.807, 2.05) is 30.0 Å². The summed E-state index contributed by atoms with van der Waals surface area (Å²) in [6.45, 7) is 4.39. The maximum Gasteiger partial charge on any atom is 0.230 e. The van der Waals surface area contributed by atoms with Gasteiger partial charge in [0.2, 0.25) is 11.8 Å². The minimum absolute atomic E-state index is 0.0415. The fraction of sp³-hybridized carbons (Fsp3) is 0.348. The minimum atomic E-state index is -0.0865. The highest BCUT2D eigenvalue weighted by atomic mass is 16.2. The summed E-state index contributed by atoms with van der Waals surface area (Å²) in [4.78, 5) is 41.5. The largest absolute Gasteiger partial charge is 0.404 e. The van der Waals surface area contributed by atoms with Gasteiger partial charge in [0, 0.05) is 49.8 Å². The van der Waals surface area contributed by atoms with Crippen LogP contribution in [0.1, 0.15) is 37.9 Å². The van der Waals surface area contributed by atoms with Gasteiger partial charge in [-0.2, -0.15) is 0 Å². The Bertz CT molecular complexity index is 1050. The van der Waals surface area contributed by atoms with E-state index in [-0.39, 0.29) is 23.8 Å². The van der Waals surface area contributed by atoms with Crippen LogP contribution in [0.2, 0.25) is 0 Å². The van der Waals surface area contributed by atoms with Crippen molar-refractivity contribution in [1.82, 2.24) is 9.97 Å². The average molecular weight is 419 g/mol. The number of rotatable bonds is 5. The van der Waals surface area contributed by atoms with Gasteiger partial charge in [0.25, 0.3) is 0 Å². The topological polar surface area (TPSA) is 105 Å². The first-order chi connectivity index (χ1) is 15.0. The average Bonchev–Trinajstić information content (AvgIpc) is 3.61. The minimum Gasteiger partial charge on any atom is -0.404 e. The van der Waals surface area contributed by atoms with Crippen molar-refractivity contribution in [2.75, 3.05) is 16.3 Å². The molecule has 2 N–H and O–H groups in total. The first kappa shape index (κ1) is 20.7. The molecule has 0 bridgehead atoms. The Morgan fingerprint density at radius 2 is 2.06 bits per heavy atom. The molecule has 0 spiro atoms. The molecule has 1 atom stereocenters. The Morgan fingerprint density at radius 3 is 2.71 bits per heavy atom. The van der Waals surface area contributed by atoms with Gasteiger partial charge in [-0.3, -0.25) is 24.5 Å². The molecule has 1 aliphatic carbocycles. The fourth-order valence-electron chi connectivity index (χ4n) is 3.91. The number of allylic oxidation sites excluding steroid dienone is 1. The van der Waals surface area contributed by atoms with Crippen LogP contribution in [0.25, 0.3) is 5.57 Å². The molecule has 4 rings (SSSR count). The number of hydrogen-bond acceptors (Lipinski definition) is 6. The zero-order valence-electron chi connectivity index (χ0n) is 17.7. The van der Waals surface area contributed by atoms with Gasteiger partial charge in [0.1, 0.15) is 0 Å². The number of anilines is 2. The number of benzene rings is 1. The highest BCUT2D eigenvalue weighted by molar-refractivity contribution is 6.11. The highest BCUT2D eigenvalue weighted by Crippen LogP contribution is 2.41. The highest BCUT2D eigenvalue weighted by Gasteiger charge is 2.39. The van der Waals surface area contributed by atoms with Gasteiger partial charge in [0.15, 0.2) is 0 Å². The van der Waals surface area contributed by atoms with E-state index < -0.39 is 0 Å². The van der Waals surface area contributed by atoms with Crippen LogP contribution in [0, 0.1) is 5.92 Å². The molecule has 0 saturated heterocycles. The van der Waals surface area contributed by atoms with Gasteiger partial charge < -0.3 is 15.5 Å². The SMILES string of the molecule is CC(=O)N1c2ccc(C(C=NCc3cnccn3)=CN)cc2N(C(=O)C2CC2)C[C@@H]1C. The summed E-state index contributed by atoms with van der Waals surface area (Å²) < 4.78 is 0. The van der Waals surface area contributed by atoms with Crippen molar-refractivity contribution in [2.24, 2.45) is 16.6 Å². The van der Waals surface area contributed by atoms with Crippen molar-refractivity contribution in [3.8, 4) is 0 Å². The molecule has 1 aliphatic heterocycles. The monoisotopic (exact) mass is 418 g/mol. The number of hydrogen-bond donors (Lipinski definition) is 1. The molecular weight excluding hydrogens is 392 g/mol. The molecule has 8 nitrogen and oxygen atoms in total. The second-order valence-corrected chi connectivity index (χ2v) is 7.95. The molecule has 31 heavy (non-hydrogen) atoms. The summed E-state index contributed by atoms with van der Waals surface area (Å²) in [5.41, 5.74) is 9.68. The van der Waals surface area contributed by atoms with Crippen LogP contribution in [0.4, 0.5) is 11.4 Å². The molecule has 8 heteroatoms. The Balaban J connectivity index is 1.66. The number of carbonyl (C=O) groups excluding carboxylic acids is 2. The third kappa shape index (κ3) is 4.33. The van der Waals surface area contributed by atoms with Crippen molar-refractivity contribution >= 4 is 35.0 Å². The van der Waals surface area contributed by atoms with Crippen molar-refractivity contribution < 1.29 is 9.59 Å². The lowest BCUT2D eigenvalue weighted by molar-refractivity contribution is -0.120. The number of nitrogens with zero attached hydrogens (tertiary/aromatic N) is 5. The molecular formula is C23H26N6O2. The van der Waals surface area contributed by atoms with Gasteiger partial charge in [-0.25, -0.2) is 0 Å². The predicted molar refractivity (Wildman–Crippen MR) is 121 cm³/mol. The van der Waals surface area contributed by atoms with Gasteiger partial charge in [-0.15, -0.1) is 0 Å². The van der Waals surface area contributed by atoms with Crippen molar-refractivity contribution in [2.45, 2.75) is 39.3 Å². The summed E-state index contributed by atoms with van der Waals surface area (Å²) in [5, 5.41) is 0. The van der Waals surface area contributed by atoms with Crippen LogP contribution in [0.15, 0.2) is 48.0 Å². The van der Waals surface area contributed by atoms with Crippen molar-refractivity contribution in [1.29, 1.82) is 0 Å². The van der Waals surface area contributed by atoms with Gasteiger partial charge in [0.05, 0.1) is 35.9 Å². The third-order valence-corrected chi connectivity index (χ3v) is 5.56. The van der Waals surface area contributed by atoms with E-state index in [4.69, 9.17) is 5.73 Å². The van der Waals surface area contributed by atoms with E-state index >= 15 is 0 Å². The lowest BCUT2D eigenvalue weighted by Gasteiger charge is -2.41. The quantitative estimate of drug-likeness (QED) is 0.752. The van der Waals surface area contributed by atoms with Crippen molar-refractivity contribution in [3.63, 3.8) is 0 Å². The molecule has 2 heterocycles. The molecule has 2 aromatic rings. The number of aromatic nitrogens is 2. The number of amides is 2. The zero-order chi connectivity index (χ0) is 22.0. The third-order valence-electron chi connectivity index (χ3n) is 5.56. The maximum atomic E-state index is 13.0. The molecule has 0 unspecified atom stereocenters. The van der Waals surface area contributed by atoms with Crippen LogP contribution in [-0.4, -0.2) is 40.6 Å². The normalized spacial score (nSPS) is 18.9. The second-order valence-electron chi connectivity index (χ2n) is 7.95. The Morgan fingerprint density at radius 1 is 1.26 bits per heavy atom. The van der Waals surface area contributed by atoms with Crippen molar-refractivity contribution in [3.05, 3.63) is 54.2 Å². The fourth-order valence-corrected chi connectivity index (χ4v) is 3.91. The van der Waals surface area contributed by atoms with Gasteiger partial charge >= 0.3 is 0 Å². The number of fused-ring (bicyclic) bond motifs is 1. The zero-order valence-corrected chi connectivity index (χ0v) is 17.7. The summed E-state index contributed by atoms with van der Waals surface area (Å²) in [7, 11) is 0. The summed E-state index contributed by atoms with van der Waals surface area (Å²) >= 11 is 0. The Hall–Kier alpha value is -3.55. The Kier molecular flexibility index (Phi) is 5.79. The van der Waals surface area contributed by atoms with E-state index in [1.54, 1.807) is 36.6 Å². The van der Waals surface area contributed by atoms with Crippen LogP contribution in [0.5, 0.6) is 0 Å². The summed E-state index contributed by atoms with van der Waals surface area (Å²) in [6, 6.07) is 5.62. The first-order valence-corrected chi connectivity index (χ1v) is 10.4. The van der Waals surface area contributed by atoms with E-state index in [0.29, 0.717) is 13.1 Å². The van der Waals surface area contributed by atoms with Crippen LogP contribution >= 0.6 is 0 Å². The lowest BCUT2D eigenvalue weighted by Crippen LogP contribution is -2.51. The van der Waals surface area contributed by atoms with Gasteiger partial charge in [-0.05, 0) is 37.5 Å². The standard InChI is InChI=1S/C23H26N6O2/c1-15-14-28(23(31)17-3-4-17)22-9-18(5-6-21(22)29(15)16(2)30)19(10-24)11-26-13-20-12-25-7-8-27-20/h5-12,15,17H,3-4,13-14,24H2,1-2H3/t15-/m0/s1. The van der Waals surface area contributed by atoms with Crippen LogP contribution < -0.4 is 15.5 Å². The van der Waals surface area contributed by atoms with E-state index in [2.05, 4.69) is 15.0 Å². The van der Waals surface area contributed by atoms with Gasteiger partial charge in [-0.1, -0.05) is 6.07 Å². The van der Waals surface area contributed by atoms with E-state index in [0.717, 1.165) is 41.0 Å². The molecule has 2 amide bonds. The smallest absolute Gasteiger partial charge is 0.230 e. The molecule has 160 valence electrons. The molecule has 1 saturated carbocycles. The lowest BCUT2D eigenvalue weighted by atomic mass is 10.0. The number of carbonyl (C=O) groups is 2. The summed E-state index contributed by atoms with van der Waals surface area (Å²) in [6.07, 6.45) is 9.95. The summed E-state index contributed by atoms with van der Waals surface area (Å²) in [5.74, 6) is 0.175. The number of nitrogens with two attached hydrogens (primary N) is 1. The molecule has 0 radical (unpaired) electrons. The number of aliphatic imine (C=N–C) groups is 1. The van der Waals surface area contributed by atoms with E-state index in [1.165, 1.54) is 6.20 Å². The predicted octanol–water partition coefficient (Wildman–Crippen LogP) is 2.55. The maximum absolute atomic E-state index is 13.0. The molecule has 2 aliphatic rings. The van der Waals surface area contributed by atoms with Crippen LogP contribution in [-0.2, 0) is 16.1 Å². The Labute approximate surface area is 181 Å². The molecule has 1 fully saturated rings. The molecule has 1 aromatic heterocycles. The first-order valence-electron chi connectivity index (χ1n) is 10.4. The van der Waals surface area contributed by atoms with E-state index in [9.17, 15) is 9.59 Å². The second kappa shape index (κ2) is 8.67. The van der Waals surface area contributed by atoms with Crippen LogP contribution in [0.3, 0.4) is 0 Å². The molecule has 1 aromatic carbocycles.